The third-order valence-corrected chi connectivity index (χ3v) is 5.36. The van der Waals surface area contributed by atoms with Crippen LogP contribution in [0, 0.1) is 0 Å². The standard InChI is InChI=1S/C16H16Cl3NO3/c1-7-13-14(23-16(2,3)22-13)15(21-7)20-11-6-10(18)9(17)4-8(11)5-12(20)19/h4-7,13-15H,1-3H3/t7-,13-,14-,15-/m1/s1. The van der Waals surface area contributed by atoms with Gasteiger partial charge in [-0.05, 0) is 39.0 Å². The summed E-state index contributed by atoms with van der Waals surface area (Å²) in [5.41, 5.74) is 0.857. The summed E-state index contributed by atoms with van der Waals surface area (Å²) in [6.45, 7) is 5.79. The third-order valence-electron chi connectivity index (χ3n) is 4.35. The van der Waals surface area contributed by atoms with Gasteiger partial charge in [0.1, 0.15) is 17.4 Å². The highest BCUT2D eigenvalue weighted by Gasteiger charge is 2.54. The molecule has 0 radical (unpaired) electrons. The van der Waals surface area contributed by atoms with Crippen LogP contribution in [0.5, 0.6) is 0 Å². The molecule has 2 saturated heterocycles. The third kappa shape index (κ3) is 2.48. The number of aromatic nitrogens is 1. The van der Waals surface area contributed by atoms with Gasteiger partial charge in [-0.1, -0.05) is 34.8 Å². The van der Waals surface area contributed by atoms with Gasteiger partial charge in [0.05, 0.1) is 21.7 Å². The lowest BCUT2D eigenvalue weighted by atomic mass is 10.1. The van der Waals surface area contributed by atoms with Gasteiger partial charge in [-0.25, -0.2) is 0 Å². The summed E-state index contributed by atoms with van der Waals surface area (Å²) in [4.78, 5) is 0. The van der Waals surface area contributed by atoms with Crippen molar-refractivity contribution in [1.82, 2.24) is 4.57 Å². The first-order valence-electron chi connectivity index (χ1n) is 7.43. The second-order valence-corrected chi connectivity index (χ2v) is 7.66. The predicted molar refractivity (Wildman–Crippen MR) is 90.4 cm³/mol. The molecule has 1 aromatic heterocycles. The number of rotatable bonds is 1. The molecule has 0 bridgehead atoms. The van der Waals surface area contributed by atoms with E-state index in [1.165, 1.54) is 0 Å². The molecule has 0 unspecified atom stereocenters. The van der Waals surface area contributed by atoms with Crippen LogP contribution in [-0.2, 0) is 14.2 Å². The fourth-order valence-electron chi connectivity index (χ4n) is 3.43. The van der Waals surface area contributed by atoms with Crippen molar-refractivity contribution < 1.29 is 14.2 Å². The van der Waals surface area contributed by atoms with Crippen molar-refractivity contribution >= 4 is 45.7 Å². The van der Waals surface area contributed by atoms with Gasteiger partial charge in [-0.3, -0.25) is 0 Å². The highest BCUT2D eigenvalue weighted by Crippen LogP contribution is 2.45. The molecule has 0 spiro atoms. The largest absolute Gasteiger partial charge is 0.349 e. The maximum Gasteiger partial charge on any atom is 0.164 e. The number of fused-ring (bicyclic) bond motifs is 2. The van der Waals surface area contributed by atoms with Crippen LogP contribution >= 0.6 is 34.8 Å². The number of halogens is 3. The molecule has 2 aliphatic rings. The molecular formula is C16H16Cl3NO3. The Labute approximate surface area is 149 Å². The van der Waals surface area contributed by atoms with Gasteiger partial charge < -0.3 is 18.8 Å². The number of ether oxygens (including phenoxy) is 3. The van der Waals surface area contributed by atoms with Gasteiger partial charge in [0, 0.05) is 5.39 Å². The van der Waals surface area contributed by atoms with Crippen LogP contribution < -0.4 is 0 Å². The van der Waals surface area contributed by atoms with Crippen molar-refractivity contribution in [1.29, 1.82) is 0 Å². The molecule has 2 aromatic rings. The average Bonchev–Trinajstić information content (AvgIpc) is 3.02. The number of hydrogen-bond donors (Lipinski definition) is 0. The normalized spacial score (nSPS) is 32.6. The van der Waals surface area contributed by atoms with E-state index < -0.39 is 5.79 Å². The van der Waals surface area contributed by atoms with E-state index in [4.69, 9.17) is 49.0 Å². The number of hydrogen-bond acceptors (Lipinski definition) is 3. The summed E-state index contributed by atoms with van der Waals surface area (Å²) < 4.78 is 20.0. The quantitative estimate of drug-likeness (QED) is 0.699. The van der Waals surface area contributed by atoms with E-state index >= 15 is 0 Å². The molecule has 0 saturated carbocycles. The van der Waals surface area contributed by atoms with E-state index in [0.29, 0.717) is 15.2 Å². The summed E-state index contributed by atoms with van der Waals surface area (Å²) >= 11 is 18.7. The molecule has 23 heavy (non-hydrogen) atoms. The SMILES string of the molecule is C[C@H]1O[C@@H](n2c(Cl)cc3cc(Cl)c(Cl)cc32)[C@@H]2OC(C)(C)O[C@@H]21. The first-order chi connectivity index (χ1) is 10.8. The summed E-state index contributed by atoms with van der Waals surface area (Å²) in [6, 6.07) is 5.45. The molecule has 7 heteroatoms. The van der Waals surface area contributed by atoms with Crippen LogP contribution in [0.25, 0.3) is 10.9 Å². The van der Waals surface area contributed by atoms with Crippen molar-refractivity contribution in [2.24, 2.45) is 0 Å². The van der Waals surface area contributed by atoms with Crippen molar-refractivity contribution in [3.63, 3.8) is 0 Å². The Morgan fingerprint density at radius 3 is 2.39 bits per heavy atom. The smallest absolute Gasteiger partial charge is 0.164 e. The van der Waals surface area contributed by atoms with E-state index in [0.717, 1.165) is 10.9 Å². The van der Waals surface area contributed by atoms with E-state index in [1.807, 2.05) is 31.4 Å². The fraction of sp³-hybridized carbons (Fsp3) is 0.500. The molecule has 0 aliphatic carbocycles. The van der Waals surface area contributed by atoms with Gasteiger partial charge >= 0.3 is 0 Å². The van der Waals surface area contributed by atoms with Crippen molar-refractivity contribution in [3.8, 4) is 0 Å². The second-order valence-electron chi connectivity index (χ2n) is 6.46. The lowest BCUT2D eigenvalue weighted by Gasteiger charge is -2.25. The highest BCUT2D eigenvalue weighted by atomic mass is 35.5. The van der Waals surface area contributed by atoms with E-state index in [9.17, 15) is 0 Å². The fourth-order valence-corrected chi connectivity index (χ4v) is 4.07. The van der Waals surface area contributed by atoms with Gasteiger partial charge in [0.25, 0.3) is 0 Å². The minimum Gasteiger partial charge on any atom is -0.349 e. The van der Waals surface area contributed by atoms with E-state index in [-0.39, 0.29) is 24.5 Å². The maximum atomic E-state index is 6.46. The van der Waals surface area contributed by atoms with Gasteiger partial charge in [0.15, 0.2) is 12.0 Å². The molecule has 1 aromatic carbocycles. The Morgan fingerprint density at radius 1 is 1.00 bits per heavy atom. The highest BCUT2D eigenvalue weighted by molar-refractivity contribution is 6.43. The Kier molecular flexibility index (Phi) is 3.65. The molecule has 4 rings (SSSR count). The number of nitrogens with zero attached hydrogens (tertiary/aromatic N) is 1. The molecule has 0 N–H and O–H groups in total. The van der Waals surface area contributed by atoms with Crippen LogP contribution in [0.4, 0.5) is 0 Å². The topological polar surface area (TPSA) is 32.6 Å². The maximum absolute atomic E-state index is 6.46. The van der Waals surface area contributed by atoms with E-state index in [1.54, 1.807) is 12.1 Å². The van der Waals surface area contributed by atoms with Crippen molar-refractivity contribution in [2.75, 3.05) is 0 Å². The zero-order chi connectivity index (χ0) is 16.5. The summed E-state index contributed by atoms with van der Waals surface area (Å²) in [6.07, 6.45) is -0.837. The lowest BCUT2D eigenvalue weighted by molar-refractivity contribution is -0.194. The Bertz CT molecular complexity index is 788. The van der Waals surface area contributed by atoms with Crippen LogP contribution in [-0.4, -0.2) is 28.7 Å². The summed E-state index contributed by atoms with van der Waals surface area (Å²) in [5, 5.41) is 2.42. The Balaban J connectivity index is 1.83. The van der Waals surface area contributed by atoms with Gasteiger partial charge in [0.2, 0.25) is 0 Å². The van der Waals surface area contributed by atoms with E-state index in [2.05, 4.69) is 0 Å². The molecule has 4 atom stereocenters. The molecule has 4 nitrogen and oxygen atoms in total. The molecule has 2 fully saturated rings. The van der Waals surface area contributed by atoms with Crippen LogP contribution in [0.3, 0.4) is 0 Å². The zero-order valence-electron chi connectivity index (χ0n) is 12.8. The molecule has 2 aliphatic heterocycles. The van der Waals surface area contributed by atoms with Crippen LogP contribution in [0.2, 0.25) is 15.2 Å². The van der Waals surface area contributed by atoms with Gasteiger partial charge in [-0.15, -0.1) is 0 Å². The van der Waals surface area contributed by atoms with Gasteiger partial charge in [-0.2, -0.15) is 0 Å². The predicted octanol–water partition coefficient (Wildman–Crippen LogP) is 5.04. The second kappa shape index (κ2) is 5.25. The Hall–Kier alpha value is -0.490. The minimum absolute atomic E-state index is 0.0944. The van der Waals surface area contributed by atoms with Crippen molar-refractivity contribution in [3.05, 3.63) is 33.4 Å². The summed E-state index contributed by atoms with van der Waals surface area (Å²) in [7, 11) is 0. The molecule has 3 heterocycles. The first-order valence-corrected chi connectivity index (χ1v) is 8.57. The molecule has 124 valence electrons. The van der Waals surface area contributed by atoms with Crippen LogP contribution in [0.15, 0.2) is 18.2 Å². The summed E-state index contributed by atoms with van der Waals surface area (Å²) in [5.74, 6) is -0.637. The zero-order valence-corrected chi connectivity index (χ0v) is 15.1. The Morgan fingerprint density at radius 2 is 1.65 bits per heavy atom. The average molecular weight is 377 g/mol. The van der Waals surface area contributed by atoms with Crippen LogP contribution in [0.1, 0.15) is 27.0 Å². The molecular weight excluding hydrogens is 361 g/mol. The monoisotopic (exact) mass is 375 g/mol. The lowest BCUT2D eigenvalue weighted by Crippen LogP contribution is -2.27. The molecule has 0 amide bonds. The number of benzene rings is 1. The first kappa shape index (κ1) is 16.0. The minimum atomic E-state index is -0.637. The van der Waals surface area contributed by atoms with Crippen molar-refractivity contribution in [2.45, 2.75) is 51.1 Å².